The summed E-state index contributed by atoms with van der Waals surface area (Å²) in [6.45, 7) is 5.28. The van der Waals surface area contributed by atoms with Crippen LogP contribution in [0.4, 0.5) is 0 Å². The molecule has 1 N–H and O–H groups in total. The van der Waals surface area contributed by atoms with Crippen LogP contribution in [0, 0.1) is 5.41 Å². The fourth-order valence-electron chi connectivity index (χ4n) is 2.33. The molecule has 1 spiro atoms. The number of nitrogens with zero attached hydrogens (tertiary/aromatic N) is 1. The summed E-state index contributed by atoms with van der Waals surface area (Å²) >= 11 is 0. The molecule has 2 heterocycles. The van der Waals surface area contributed by atoms with E-state index in [1.807, 2.05) is 0 Å². The van der Waals surface area contributed by atoms with Crippen molar-refractivity contribution >= 4 is 0 Å². The van der Waals surface area contributed by atoms with Crippen LogP contribution in [-0.2, 0) is 4.74 Å². The van der Waals surface area contributed by atoms with Gasteiger partial charge < -0.3 is 14.7 Å². The lowest BCUT2D eigenvalue weighted by Gasteiger charge is -2.21. The molecule has 2 aliphatic heterocycles. The van der Waals surface area contributed by atoms with Crippen LogP contribution in [0.15, 0.2) is 0 Å². The molecule has 2 rings (SSSR count). The second kappa shape index (κ2) is 3.32. The van der Waals surface area contributed by atoms with Crippen LogP contribution in [0.2, 0.25) is 0 Å². The first kappa shape index (κ1) is 8.48. The first-order valence-electron chi connectivity index (χ1n) is 4.76. The Morgan fingerprint density at radius 2 is 2.33 bits per heavy atom. The Balaban J connectivity index is 1.88. The van der Waals surface area contributed by atoms with Crippen molar-refractivity contribution in [1.29, 1.82) is 0 Å². The van der Waals surface area contributed by atoms with Gasteiger partial charge in [-0.15, -0.1) is 0 Å². The first-order chi connectivity index (χ1) is 5.85. The Morgan fingerprint density at radius 1 is 1.42 bits per heavy atom. The summed E-state index contributed by atoms with van der Waals surface area (Å²) in [6, 6.07) is 0. The molecular formula is C9H17NO2. The van der Waals surface area contributed by atoms with Gasteiger partial charge in [-0.25, -0.2) is 0 Å². The third kappa shape index (κ3) is 1.49. The molecule has 0 aromatic carbocycles. The van der Waals surface area contributed by atoms with Gasteiger partial charge in [-0.1, -0.05) is 0 Å². The first-order valence-corrected chi connectivity index (χ1v) is 4.76. The van der Waals surface area contributed by atoms with Crippen LogP contribution in [0.1, 0.15) is 12.8 Å². The van der Waals surface area contributed by atoms with Gasteiger partial charge >= 0.3 is 0 Å². The molecule has 2 fully saturated rings. The van der Waals surface area contributed by atoms with E-state index in [2.05, 4.69) is 4.90 Å². The summed E-state index contributed by atoms with van der Waals surface area (Å²) in [5.74, 6) is 0. The number of aliphatic hydroxyl groups excluding tert-OH is 1. The summed E-state index contributed by atoms with van der Waals surface area (Å²) in [5, 5.41) is 8.78. The zero-order valence-corrected chi connectivity index (χ0v) is 7.46. The minimum absolute atomic E-state index is 0.289. The van der Waals surface area contributed by atoms with E-state index in [0.29, 0.717) is 5.41 Å². The average molecular weight is 171 g/mol. The quantitative estimate of drug-likeness (QED) is 0.639. The number of hydrogen-bond donors (Lipinski definition) is 1. The van der Waals surface area contributed by atoms with Crippen LogP contribution in [0.25, 0.3) is 0 Å². The Kier molecular flexibility index (Phi) is 2.35. The Morgan fingerprint density at radius 3 is 3.00 bits per heavy atom. The normalized spacial score (nSPS) is 36.8. The molecule has 12 heavy (non-hydrogen) atoms. The molecule has 1 unspecified atom stereocenters. The maximum atomic E-state index is 8.78. The Labute approximate surface area is 73.3 Å². The highest BCUT2D eigenvalue weighted by Gasteiger charge is 2.40. The highest BCUT2D eigenvalue weighted by Crippen LogP contribution is 2.37. The maximum absolute atomic E-state index is 8.78. The Hall–Kier alpha value is -0.120. The van der Waals surface area contributed by atoms with Gasteiger partial charge in [-0.3, -0.25) is 0 Å². The van der Waals surface area contributed by atoms with Crippen molar-refractivity contribution in [3.05, 3.63) is 0 Å². The molecule has 3 nitrogen and oxygen atoms in total. The second-order valence-corrected chi connectivity index (χ2v) is 4.05. The van der Waals surface area contributed by atoms with Gasteiger partial charge in [-0.2, -0.15) is 0 Å². The van der Waals surface area contributed by atoms with Gasteiger partial charge in [0.05, 0.1) is 13.2 Å². The minimum Gasteiger partial charge on any atom is -0.395 e. The lowest BCUT2D eigenvalue weighted by Crippen LogP contribution is -2.29. The lowest BCUT2D eigenvalue weighted by atomic mass is 9.87. The molecule has 0 aromatic rings. The standard InChI is InChI=1S/C9H17NO2/c11-5-4-10-3-1-9(7-10)2-6-12-8-9/h11H,1-8H2. The summed E-state index contributed by atoms with van der Waals surface area (Å²) in [4.78, 5) is 2.34. The summed E-state index contributed by atoms with van der Waals surface area (Å²) in [6.07, 6.45) is 2.47. The number of hydrogen-bond acceptors (Lipinski definition) is 3. The van der Waals surface area contributed by atoms with Crippen molar-refractivity contribution in [2.45, 2.75) is 12.8 Å². The molecule has 1 atom stereocenters. The second-order valence-electron chi connectivity index (χ2n) is 4.05. The molecule has 0 saturated carbocycles. The molecule has 0 aliphatic carbocycles. The van der Waals surface area contributed by atoms with E-state index in [-0.39, 0.29) is 6.61 Å². The van der Waals surface area contributed by atoms with Gasteiger partial charge in [-0.05, 0) is 19.4 Å². The number of rotatable bonds is 2. The van der Waals surface area contributed by atoms with Crippen LogP contribution < -0.4 is 0 Å². The van der Waals surface area contributed by atoms with Gasteiger partial charge in [0.25, 0.3) is 0 Å². The van der Waals surface area contributed by atoms with Gasteiger partial charge in [0.1, 0.15) is 0 Å². The number of ether oxygens (including phenoxy) is 1. The lowest BCUT2D eigenvalue weighted by molar-refractivity contribution is 0.147. The molecule has 3 heteroatoms. The van der Waals surface area contributed by atoms with E-state index in [0.717, 1.165) is 32.8 Å². The van der Waals surface area contributed by atoms with E-state index in [1.165, 1.54) is 12.8 Å². The Bertz CT molecular complexity index is 155. The topological polar surface area (TPSA) is 32.7 Å². The van der Waals surface area contributed by atoms with Gasteiger partial charge in [0.15, 0.2) is 0 Å². The summed E-state index contributed by atoms with van der Waals surface area (Å²) in [7, 11) is 0. The average Bonchev–Trinajstić information content (AvgIpc) is 2.65. The van der Waals surface area contributed by atoms with Crippen molar-refractivity contribution in [3.63, 3.8) is 0 Å². The third-order valence-electron chi connectivity index (χ3n) is 3.12. The summed E-state index contributed by atoms with van der Waals surface area (Å²) in [5.41, 5.74) is 0.454. The predicted molar refractivity (Wildman–Crippen MR) is 46.0 cm³/mol. The van der Waals surface area contributed by atoms with Crippen LogP contribution >= 0.6 is 0 Å². The van der Waals surface area contributed by atoms with Crippen molar-refractivity contribution in [3.8, 4) is 0 Å². The zero-order chi connectivity index (χ0) is 8.44. The van der Waals surface area contributed by atoms with Crippen molar-refractivity contribution in [2.75, 3.05) is 39.5 Å². The van der Waals surface area contributed by atoms with Crippen molar-refractivity contribution in [1.82, 2.24) is 4.90 Å². The van der Waals surface area contributed by atoms with E-state index in [1.54, 1.807) is 0 Å². The predicted octanol–water partition coefficient (Wildman–Crippen LogP) is 0.0911. The smallest absolute Gasteiger partial charge is 0.0558 e. The fourth-order valence-corrected chi connectivity index (χ4v) is 2.33. The van der Waals surface area contributed by atoms with Crippen LogP contribution in [0.3, 0.4) is 0 Å². The van der Waals surface area contributed by atoms with Gasteiger partial charge in [0.2, 0.25) is 0 Å². The SMILES string of the molecule is OCCN1CCC2(CCOC2)C1. The number of aliphatic hydroxyl groups is 1. The fraction of sp³-hybridized carbons (Fsp3) is 1.00. The molecule has 0 radical (unpaired) electrons. The van der Waals surface area contributed by atoms with Gasteiger partial charge in [0, 0.05) is 25.1 Å². The number of β-amino-alcohol motifs (C(OH)–C–C–N with tert-alkyl or cyclic N) is 1. The highest BCUT2D eigenvalue weighted by atomic mass is 16.5. The van der Waals surface area contributed by atoms with E-state index >= 15 is 0 Å². The van der Waals surface area contributed by atoms with Crippen LogP contribution in [-0.4, -0.2) is 49.5 Å². The molecule has 0 aromatic heterocycles. The molecule has 0 amide bonds. The molecular weight excluding hydrogens is 154 g/mol. The summed E-state index contributed by atoms with van der Waals surface area (Å²) < 4.78 is 5.42. The highest BCUT2D eigenvalue weighted by molar-refractivity contribution is 4.92. The zero-order valence-electron chi connectivity index (χ0n) is 7.46. The van der Waals surface area contributed by atoms with E-state index < -0.39 is 0 Å². The maximum Gasteiger partial charge on any atom is 0.0558 e. The molecule has 70 valence electrons. The molecule has 2 saturated heterocycles. The minimum atomic E-state index is 0.289. The van der Waals surface area contributed by atoms with E-state index in [4.69, 9.17) is 9.84 Å². The largest absolute Gasteiger partial charge is 0.395 e. The van der Waals surface area contributed by atoms with Crippen molar-refractivity contribution in [2.24, 2.45) is 5.41 Å². The van der Waals surface area contributed by atoms with Crippen molar-refractivity contribution < 1.29 is 9.84 Å². The van der Waals surface area contributed by atoms with E-state index in [9.17, 15) is 0 Å². The third-order valence-corrected chi connectivity index (χ3v) is 3.12. The number of likely N-dealkylation sites (tertiary alicyclic amines) is 1. The monoisotopic (exact) mass is 171 g/mol. The van der Waals surface area contributed by atoms with Crippen LogP contribution in [0.5, 0.6) is 0 Å². The molecule has 0 bridgehead atoms. The molecule has 2 aliphatic rings.